The van der Waals surface area contributed by atoms with Crippen molar-refractivity contribution in [2.45, 2.75) is 86.0 Å². The molecule has 0 aromatic heterocycles. The first-order valence-electron chi connectivity index (χ1n) is 20.7. The van der Waals surface area contributed by atoms with E-state index >= 15 is 0 Å². The lowest BCUT2D eigenvalue weighted by Gasteiger charge is -2.36. The summed E-state index contributed by atoms with van der Waals surface area (Å²) in [4.78, 5) is 45.3. The summed E-state index contributed by atoms with van der Waals surface area (Å²) in [6.07, 6.45) is 2.55. The molecule has 13 nitrogen and oxygen atoms in total. The fourth-order valence-electron chi connectivity index (χ4n) is 7.36. The van der Waals surface area contributed by atoms with E-state index in [-0.39, 0.29) is 31.0 Å². The Kier molecular flexibility index (Phi) is 17.0. The third kappa shape index (κ3) is 14.8. The van der Waals surface area contributed by atoms with Crippen molar-refractivity contribution < 1.29 is 34.1 Å². The van der Waals surface area contributed by atoms with Crippen LogP contribution in [0.2, 0.25) is 0 Å². The first kappa shape index (κ1) is 45.8. The number of carbonyl (C=O) groups excluding carboxylic acids is 3. The van der Waals surface area contributed by atoms with Crippen LogP contribution in [0.1, 0.15) is 81.4 Å². The van der Waals surface area contributed by atoms with Gasteiger partial charge in [0.05, 0.1) is 0 Å². The zero-order valence-corrected chi connectivity index (χ0v) is 35.9. The van der Waals surface area contributed by atoms with Gasteiger partial charge in [-0.05, 0) is 103 Å². The van der Waals surface area contributed by atoms with Gasteiger partial charge in [-0.3, -0.25) is 9.69 Å². The minimum absolute atomic E-state index is 0.200. The van der Waals surface area contributed by atoms with Gasteiger partial charge in [0.15, 0.2) is 6.29 Å². The molecule has 57 heavy (non-hydrogen) atoms. The lowest BCUT2D eigenvalue weighted by molar-refractivity contribution is 0.0138. The van der Waals surface area contributed by atoms with Crippen molar-refractivity contribution in [2.75, 3.05) is 102 Å². The van der Waals surface area contributed by atoms with E-state index in [0.29, 0.717) is 24.9 Å². The number of hydrogen-bond acceptors (Lipinski definition) is 11. The number of carbonyl (C=O) groups is 3. The number of aliphatic hydroxyl groups excluding tert-OH is 2. The maximum Gasteiger partial charge on any atom is 0.410 e. The molecule has 13 heteroatoms. The normalized spacial score (nSPS) is 20.3. The Morgan fingerprint density at radius 2 is 1.18 bits per heavy atom. The Bertz CT molecular complexity index is 1590. The number of anilines is 2. The highest BCUT2D eigenvalue weighted by molar-refractivity contribution is 5.85. The van der Waals surface area contributed by atoms with E-state index in [1.165, 1.54) is 16.8 Å². The number of piperazine rings is 2. The van der Waals surface area contributed by atoms with Crippen LogP contribution in [0.25, 0.3) is 0 Å². The molecule has 4 saturated heterocycles. The molecular formula is C44H70N6O7. The second-order valence-electron chi connectivity index (χ2n) is 17.8. The zero-order valence-electron chi connectivity index (χ0n) is 35.9. The van der Waals surface area contributed by atoms with Crippen molar-refractivity contribution in [1.82, 2.24) is 20.0 Å². The van der Waals surface area contributed by atoms with Gasteiger partial charge in [-0.25, -0.2) is 9.59 Å². The van der Waals surface area contributed by atoms with Gasteiger partial charge in [0.1, 0.15) is 11.2 Å². The highest BCUT2D eigenvalue weighted by Crippen LogP contribution is 2.30. The molecular weight excluding hydrogens is 725 g/mol. The van der Waals surface area contributed by atoms with Crippen molar-refractivity contribution >= 4 is 29.8 Å². The predicted molar refractivity (Wildman–Crippen MR) is 226 cm³/mol. The van der Waals surface area contributed by atoms with Crippen LogP contribution in [0.4, 0.5) is 21.0 Å². The van der Waals surface area contributed by atoms with Gasteiger partial charge < -0.3 is 44.6 Å². The number of nitrogens with zero attached hydrogens (tertiary/aromatic N) is 5. The Morgan fingerprint density at radius 1 is 0.702 bits per heavy atom. The van der Waals surface area contributed by atoms with Crippen molar-refractivity contribution in [3.05, 3.63) is 58.7 Å². The first-order valence-corrected chi connectivity index (χ1v) is 20.7. The maximum absolute atomic E-state index is 12.3. The molecule has 6 rings (SSSR count). The van der Waals surface area contributed by atoms with Crippen molar-refractivity contribution in [3.8, 4) is 0 Å². The molecule has 4 heterocycles. The zero-order chi connectivity index (χ0) is 41.8. The molecule has 0 spiro atoms. The number of nitrogens with one attached hydrogen (secondary N) is 1. The predicted octanol–water partition coefficient (Wildman–Crippen LogP) is 5.32. The van der Waals surface area contributed by atoms with Crippen LogP contribution in [0, 0.1) is 25.7 Å². The number of ether oxygens (including phenoxy) is 2. The molecule has 0 saturated carbocycles. The monoisotopic (exact) mass is 795 g/mol. The molecule has 4 aliphatic heterocycles. The SMILES string of the molecule is CC(C)(C)OC(=O)N1CCNCC1.Cc1ccc(C=O)c(N2CC[C@H](CO)C2)c1.Cc1ccc(CN2CCN(C(=O)OC(C)(C)C)CC2)c(N2CC[C@H](CO)C2)c1. The summed E-state index contributed by atoms with van der Waals surface area (Å²) in [6.45, 7) is 26.9. The summed E-state index contributed by atoms with van der Waals surface area (Å²) >= 11 is 0. The Labute approximate surface area is 341 Å². The highest BCUT2D eigenvalue weighted by atomic mass is 16.6. The molecule has 2 amide bonds. The van der Waals surface area contributed by atoms with E-state index in [0.717, 1.165) is 108 Å². The van der Waals surface area contributed by atoms with Crippen LogP contribution in [0.5, 0.6) is 0 Å². The number of amides is 2. The highest BCUT2D eigenvalue weighted by Gasteiger charge is 2.29. The fourth-order valence-corrected chi connectivity index (χ4v) is 7.36. The lowest BCUT2D eigenvalue weighted by atomic mass is 10.1. The second-order valence-corrected chi connectivity index (χ2v) is 17.8. The van der Waals surface area contributed by atoms with E-state index in [1.807, 2.05) is 71.6 Å². The van der Waals surface area contributed by atoms with Crippen LogP contribution in [0.15, 0.2) is 36.4 Å². The van der Waals surface area contributed by atoms with E-state index in [4.69, 9.17) is 14.6 Å². The standard InChI is InChI=1S/C22H35N3O3.C13H17NO2.C9H18N2O2/c1-17-5-6-19(20(13-17)25-8-7-18(14-25)16-26)15-23-9-11-24(12-10-23)21(27)28-22(2,3)4;1-10-2-3-12(9-16)13(6-10)14-5-4-11(7-14)8-15;1-9(2,3)13-8(12)11-6-4-10-5-7-11/h5-6,13,18,26H,7-12,14-16H2,1-4H3;2-3,6,9,11,15H,4-5,7-8H2,1H3;10H,4-7H2,1-3H3/t18-;11-;/m00./s1. The molecule has 0 unspecified atom stereocenters. The number of benzene rings is 2. The maximum atomic E-state index is 12.3. The van der Waals surface area contributed by atoms with E-state index in [9.17, 15) is 19.5 Å². The third-order valence-electron chi connectivity index (χ3n) is 10.5. The van der Waals surface area contributed by atoms with E-state index in [2.05, 4.69) is 45.1 Å². The van der Waals surface area contributed by atoms with Gasteiger partial charge in [0.2, 0.25) is 0 Å². The topological polar surface area (TPSA) is 138 Å². The van der Waals surface area contributed by atoms with Gasteiger partial charge in [0.25, 0.3) is 0 Å². The second kappa shape index (κ2) is 21.2. The number of rotatable bonds is 7. The molecule has 318 valence electrons. The minimum Gasteiger partial charge on any atom is -0.444 e. The molecule has 2 aromatic rings. The van der Waals surface area contributed by atoms with Gasteiger partial charge in [-0.2, -0.15) is 0 Å². The summed E-state index contributed by atoms with van der Waals surface area (Å²) < 4.78 is 10.7. The van der Waals surface area contributed by atoms with Gasteiger partial charge >= 0.3 is 12.2 Å². The summed E-state index contributed by atoms with van der Waals surface area (Å²) in [5.41, 5.74) is 5.96. The molecule has 0 aliphatic carbocycles. The van der Waals surface area contributed by atoms with Crippen LogP contribution in [0.3, 0.4) is 0 Å². The Morgan fingerprint density at radius 3 is 1.65 bits per heavy atom. The smallest absolute Gasteiger partial charge is 0.410 e. The number of aldehydes is 1. The van der Waals surface area contributed by atoms with Gasteiger partial charge in [0, 0.05) is 127 Å². The fraction of sp³-hybridized carbons (Fsp3) is 0.659. The van der Waals surface area contributed by atoms with Crippen LogP contribution in [-0.2, 0) is 16.0 Å². The molecule has 4 fully saturated rings. The molecule has 0 radical (unpaired) electrons. The molecule has 0 bridgehead atoms. The average molecular weight is 795 g/mol. The van der Waals surface area contributed by atoms with Gasteiger partial charge in [-0.1, -0.05) is 18.2 Å². The van der Waals surface area contributed by atoms with Crippen LogP contribution < -0.4 is 15.1 Å². The molecule has 3 N–H and O–H groups in total. The van der Waals surface area contributed by atoms with Crippen LogP contribution >= 0.6 is 0 Å². The van der Waals surface area contributed by atoms with Crippen molar-refractivity contribution in [1.29, 1.82) is 0 Å². The first-order chi connectivity index (χ1) is 27.0. The van der Waals surface area contributed by atoms with E-state index < -0.39 is 5.60 Å². The van der Waals surface area contributed by atoms with Crippen molar-refractivity contribution in [2.24, 2.45) is 11.8 Å². The van der Waals surface area contributed by atoms with E-state index in [1.54, 1.807) is 4.90 Å². The summed E-state index contributed by atoms with van der Waals surface area (Å²) in [7, 11) is 0. The molecule has 2 atom stereocenters. The van der Waals surface area contributed by atoms with Crippen molar-refractivity contribution in [3.63, 3.8) is 0 Å². The minimum atomic E-state index is -0.451. The summed E-state index contributed by atoms with van der Waals surface area (Å²) in [5, 5.41) is 21.8. The third-order valence-corrected chi connectivity index (χ3v) is 10.5. The number of aliphatic hydroxyl groups is 2. The molecule has 4 aliphatic rings. The van der Waals surface area contributed by atoms with Gasteiger partial charge in [-0.15, -0.1) is 0 Å². The summed E-state index contributed by atoms with van der Waals surface area (Å²) in [6, 6.07) is 12.5. The quantitative estimate of drug-likeness (QED) is 0.314. The largest absolute Gasteiger partial charge is 0.444 e. The molecule has 2 aromatic carbocycles. The Hall–Kier alpha value is -3.91. The average Bonchev–Trinajstić information content (AvgIpc) is 3.86. The summed E-state index contributed by atoms with van der Waals surface area (Å²) in [5.74, 6) is 0.728. The van der Waals surface area contributed by atoms with Crippen LogP contribution in [-0.4, -0.2) is 146 Å². The number of hydrogen-bond donors (Lipinski definition) is 3. The Balaban J connectivity index is 0.000000209. The lowest BCUT2D eigenvalue weighted by Crippen LogP contribution is -2.49. The number of aryl methyl sites for hydroxylation is 2.